The Morgan fingerprint density at radius 2 is 1.06 bits per heavy atom. The highest BCUT2D eigenvalue weighted by Crippen LogP contribution is 2.39. The standard InChI is InChI=1S/C20H17N3S.C19H21N5O.C14H12ClN3S/c1-14(23-19-18-11-12-24-20(18)22-13-21-19)15-7-9-17(10-8-15)16-5-3-2-4-6-16;1-11-10-20-13(3)22-17(11)21-12(2)14-4-8-16(9-5-14)19-23-18(24-25-19)15-6-7-15;1-9(10-2-4-11(15)5-3-10)18-13-12-6-7-19-14(12)17-8-16-13/h2-14H,1H3,(H,21,22,23);4-5,8-10,12,15H,6-7H2,1-3H3,(H,20,21,22);2-9H,1H3,(H,16,17,18). The molecular weight excluding hydrogens is 906 g/mol. The first kappa shape index (κ1) is 46.0. The van der Waals surface area contributed by atoms with E-state index in [2.05, 4.69) is 143 Å². The largest absolute Gasteiger partial charge is 0.363 e. The molecular formula is C53H50ClN11OS2. The van der Waals surface area contributed by atoms with E-state index in [1.165, 1.54) is 40.7 Å². The van der Waals surface area contributed by atoms with Crippen LogP contribution in [0.5, 0.6) is 0 Å². The van der Waals surface area contributed by atoms with Gasteiger partial charge in [0.2, 0.25) is 0 Å². The van der Waals surface area contributed by atoms with Crippen molar-refractivity contribution < 1.29 is 4.52 Å². The lowest BCUT2D eigenvalue weighted by Gasteiger charge is -2.16. The zero-order valence-corrected chi connectivity index (χ0v) is 40.6. The Balaban J connectivity index is 0.000000129. The SMILES string of the molecule is CC(Nc1ncnc2sccc12)c1ccc(-c2ccccc2)cc1.CC(Nc1ncnc2sccc12)c1ccc(Cl)cc1.Cc1ncc(C)c(NC(C)c2ccc(-c3nc(C4CC4)no3)cc2)n1. The Labute approximate surface area is 408 Å². The fourth-order valence-corrected chi connectivity index (χ4v) is 9.06. The van der Waals surface area contributed by atoms with Crippen LogP contribution in [0.1, 0.15) is 91.6 Å². The number of fused-ring (bicyclic) bond motifs is 2. The molecule has 0 amide bonds. The van der Waals surface area contributed by atoms with Crippen molar-refractivity contribution in [2.45, 2.75) is 71.5 Å². The number of aromatic nitrogens is 8. The third-order valence-electron chi connectivity index (χ3n) is 11.6. The molecule has 3 atom stereocenters. The van der Waals surface area contributed by atoms with Crippen LogP contribution in [0.3, 0.4) is 0 Å². The smallest absolute Gasteiger partial charge is 0.257 e. The maximum Gasteiger partial charge on any atom is 0.257 e. The number of rotatable bonds is 12. The molecule has 6 heterocycles. The Bertz CT molecular complexity index is 3210. The van der Waals surface area contributed by atoms with Gasteiger partial charge in [-0.3, -0.25) is 0 Å². The van der Waals surface area contributed by atoms with Gasteiger partial charge in [0.05, 0.1) is 10.8 Å². The van der Waals surface area contributed by atoms with Gasteiger partial charge < -0.3 is 20.5 Å². The highest BCUT2D eigenvalue weighted by molar-refractivity contribution is 7.17. The van der Waals surface area contributed by atoms with Crippen LogP contribution in [0.15, 0.2) is 149 Å². The predicted octanol–water partition coefficient (Wildman–Crippen LogP) is 14.2. The lowest BCUT2D eigenvalue weighted by Crippen LogP contribution is -2.10. The van der Waals surface area contributed by atoms with Gasteiger partial charge in [-0.25, -0.2) is 29.9 Å². The van der Waals surface area contributed by atoms with Gasteiger partial charge in [0.1, 0.15) is 45.6 Å². The summed E-state index contributed by atoms with van der Waals surface area (Å²) in [5, 5.41) is 21.4. The van der Waals surface area contributed by atoms with Crippen molar-refractivity contribution in [3.8, 4) is 22.6 Å². The molecule has 1 aliphatic carbocycles. The number of hydrogen-bond acceptors (Lipinski definition) is 14. The summed E-state index contributed by atoms with van der Waals surface area (Å²) in [7, 11) is 0. The molecule has 4 aromatic carbocycles. The second-order valence-electron chi connectivity index (χ2n) is 16.7. The number of hydrogen-bond donors (Lipinski definition) is 3. The summed E-state index contributed by atoms with van der Waals surface area (Å²) >= 11 is 9.15. The van der Waals surface area contributed by atoms with Gasteiger partial charge in [0, 0.05) is 46.4 Å². The van der Waals surface area contributed by atoms with Gasteiger partial charge in [0.25, 0.3) is 5.89 Å². The molecule has 0 aliphatic heterocycles. The molecule has 12 nitrogen and oxygen atoms in total. The third kappa shape index (κ3) is 11.3. The first-order valence-corrected chi connectivity index (χ1v) is 24.6. The van der Waals surface area contributed by atoms with Gasteiger partial charge in [-0.1, -0.05) is 95.6 Å². The highest BCUT2D eigenvalue weighted by atomic mass is 35.5. The summed E-state index contributed by atoms with van der Waals surface area (Å²) in [5.74, 6) is 5.32. The molecule has 3 unspecified atom stereocenters. The quantitative estimate of drug-likeness (QED) is 0.107. The Morgan fingerprint density at radius 3 is 1.60 bits per heavy atom. The topological polar surface area (TPSA) is 152 Å². The van der Waals surface area contributed by atoms with Crippen LogP contribution >= 0.6 is 34.3 Å². The molecule has 6 aromatic heterocycles. The fraction of sp³-hybridized carbons (Fsp3) is 0.208. The highest BCUT2D eigenvalue weighted by Gasteiger charge is 2.29. The van der Waals surface area contributed by atoms with Crippen LogP contribution in [0.4, 0.5) is 17.5 Å². The normalized spacial score (nSPS) is 13.4. The predicted molar refractivity (Wildman–Crippen MR) is 277 cm³/mol. The average molecular weight is 957 g/mol. The van der Waals surface area contributed by atoms with E-state index in [0.717, 1.165) is 65.7 Å². The van der Waals surface area contributed by atoms with E-state index in [1.54, 1.807) is 35.3 Å². The maximum atomic E-state index is 5.90. The molecule has 0 spiro atoms. The zero-order chi connectivity index (χ0) is 47.0. The first-order chi connectivity index (χ1) is 33.1. The number of thiophene rings is 2. The van der Waals surface area contributed by atoms with Crippen LogP contribution in [-0.4, -0.2) is 40.0 Å². The van der Waals surface area contributed by atoms with E-state index >= 15 is 0 Å². The third-order valence-corrected chi connectivity index (χ3v) is 13.5. The monoisotopic (exact) mass is 955 g/mol. The minimum absolute atomic E-state index is 0.131. The zero-order valence-electron chi connectivity index (χ0n) is 38.3. The Hall–Kier alpha value is -7.13. The van der Waals surface area contributed by atoms with Gasteiger partial charge in [0.15, 0.2) is 5.82 Å². The molecule has 1 fully saturated rings. The molecule has 0 radical (unpaired) electrons. The van der Waals surface area contributed by atoms with Crippen LogP contribution in [-0.2, 0) is 0 Å². The molecule has 342 valence electrons. The summed E-state index contributed by atoms with van der Waals surface area (Å²) in [6.07, 6.45) is 7.39. The van der Waals surface area contributed by atoms with Gasteiger partial charge in [-0.2, -0.15) is 4.98 Å². The summed E-state index contributed by atoms with van der Waals surface area (Å²) in [6.45, 7) is 10.3. The van der Waals surface area contributed by atoms with E-state index in [4.69, 9.17) is 16.1 Å². The average Bonchev–Trinajstić information content (AvgIpc) is 3.68. The number of nitrogens with zero attached hydrogens (tertiary/aromatic N) is 8. The second kappa shape index (κ2) is 21.2. The van der Waals surface area contributed by atoms with Gasteiger partial charge >= 0.3 is 0 Å². The molecule has 11 rings (SSSR count). The van der Waals surface area contributed by atoms with E-state index in [0.29, 0.717) is 11.8 Å². The first-order valence-electron chi connectivity index (χ1n) is 22.5. The van der Waals surface area contributed by atoms with E-state index in [9.17, 15) is 0 Å². The number of anilines is 3. The van der Waals surface area contributed by atoms with E-state index in [1.807, 2.05) is 79.3 Å². The second-order valence-corrected chi connectivity index (χ2v) is 18.9. The summed E-state index contributed by atoms with van der Waals surface area (Å²) < 4.78 is 5.38. The van der Waals surface area contributed by atoms with E-state index < -0.39 is 0 Å². The fourth-order valence-electron chi connectivity index (χ4n) is 7.47. The van der Waals surface area contributed by atoms with Crippen LogP contribution < -0.4 is 16.0 Å². The lowest BCUT2D eigenvalue weighted by molar-refractivity contribution is 0.422. The van der Waals surface area contributed by atoms with Crippen molar-refractivity contribution in [2.24, 2.45) is 0 Å². The van der Waals surface area contributed by atoms with Crippen LogP contribution in [0.25, 0.3) is 43.0 Å². The molecule has 3 N–H and O–H groups in total. The lowest BCUT2D eigenvalue weighted by atomic mass is 10.0. The summed E-state index contributed by atoms with van der Waals surface area (Å²) in [6, 6.07) is 39.7. The van der Waals surface area contributed by atoms with Gasteiger partial charge in [-0.15, -0.1) is 22.7 Å². The Kier molecular flexibility index (Phi) is 14.4. The molecule has 68 heavy (non-hydrogen) atoms. The summed E-state index contributed by atoms with van der Waals surface area (Å²) in [5.41, 5.74) is 8.02. The van der Waals surface area contributed by atoms with Crippen molar-refractivity contribution in [1.29, 1.82) is 0 Å². The summed E-state index contributed by atoms with van der Waals surface area (Å²) in [4.78, 5) is 32.4. The molecule has 0 saturated heterocycles. The van der Waals surface area contributed by atoms with Crippen molar-refractivity contribution in [2.75, 3.05) is 16.0 Å². The number of halogens is 1. The van der Waals surface area contributed by atoms with Crippen LogP contribution in [0.2, 0.25) is 5.02 Å². The van der Waals surface area contributed by atoms with Gasteiger partial charge in [-0.05, 0) is 122 Å². The van der Waals surface area contributed by atoms with Crippen molar-refractivity contribution >= 4 is 72.2 Å². The minimum atomic E-state index is 0.131. The van der Waals surface area contributed by atoms with Crippen molar-refractivity contribution in [3.63, 3.8) is 0 Å². The molecule has 10 aromatic rings. The van der Waals surface area contributed by atoms with Crippen molar-refractivity contribution in [1.82, 2.24) is 40.0 Å². The number of aryl methyl sites for hydroxylation is 2. The Morgan fingerprint density at radius 1 is 0.559 bits per heavy atom. The molecule has 1 saturated carbocycles. The minimum Gasteiger partial charge on any atom is -0.363 e. The maximum absolute atomic E-state index is 5.90. The molecule has 1 aliphatic rings. The van der Waals surface area contributed by atoms with E-state index in [-0.39, 0.29) is 18.1 Å². The molecule has 15 heteroatoms. The van der Waals surface area contributed by atoms with Crippen LogP contribution in [0, 0.1) is 13.8 Å². The molecule has 0 bridgehead atoms. The number of benzene rings is 4. The van der Waals surface area contributed by atoms with Crippen molar-refractivity contribution in [3.05, 3.63) is 184 Å². The number of nitrogens with one attached hydrogen (secondary N) is 3.